The first-order chi connectivity index (χ1) is 14.8. The fourth-order valence-corrected chi connectivity index (χ4v) is 5.05. The molecule has 2 aromatic heterocycles. The molecule has 0 saturated carbocycles. The molecule has 3 aromatic rings. The highest BCUT2D eigenvalue weighted by atomic mass is 32.2. The topological polar surface area (TPSA) is 142 Å². The molecule has 2 N–H and O–H groups in total. The first-order valence-electron chi connectivity index (χ1n) is 9.53. The molecule has 0 atom stereocenters. The number of carbonyl (C=O) groups is 1. The number of fused-ring (bicyclic) bond motifs is 1. The van der Waals surface area contributed by atoms with Gasteiger partial charge in [0.2, 0.25) is 15.9 Å². The van der Waals surface area contributed by atoms with Crippen LogP contribution in [0, 0.1) is 10.1 Å². The summed E-state index contributed by atoms with van der Waals surface area (Å²) in [5.41, 5.74) is 0.925. The van der Waals surface area contributed by atoms with Gasteiger partial charge in [0.15, 0.2) is 0 Å². The summed E-state index contributed by atoms with van der Waals surface area (Å²) in [5.74, 6) is -0.270. The lowest BCUT2D eigenvalue weighted by Gasteiger charge is -2.33. The van der Waals surface area contributed by atoms with Crippen molar-refractivity contribution in [2.24, 2.45) is 0 Å². The molecule has 0 bridgehead atoms. The highest BCUT2D eigenvalue weighted by Crippen LogP contribution is 2.25. The average molecular weight is 444 g/mol. The molecular formula is C19H20N6O5S. The third-order valence-electron chi connectivity index (χ3n) is 5.09. The van der Waals surface area contributed by atoms with Crippen molar-refractivity contribution in [2.75, 3.05) is 38.0 Å². The van der Waals surface area contributed by atoms with Crippen LogP contribution in [0.15, 0.2) is 53.7 Å². The number of aromatic amines is 1. The summed E-state index contributed by atoms with van der Waals surface area (Å²) >= 11 is 0. The van der Waals surface area contributed by atoms with Crippen LogP contribution < -0.4 is 5.32 Å². The number of rotatable bonds is 6. The van der Waals surface area contributed by atoms with Crippen LogP contribution in [0.1, 0.15) is 0 Å². The van der Waals surface area contributed by atoms with E-state index in [1.807, 2.05) is 4.90 Å². The van der Waals surface area contributed by atoms with Crippen molar-refractivity contribution in [1.29, 1.82) is 0 Å². The van der Waals surface area contributed by atoms with Crippen molar-refractivity contribution in [3.05, 3.63) is 58.9 Å². The van der Waals surface area contributed by atoms with E-state index < -0.39 is 14.9 Å². The third-order valence-corrected chi connectivity index (χ3v) is 7.03. The van der Waals surface area contributed by atoms with E-state index in [4.69, 9.17) is 0 Å². The number of hydrogen-bond acceptors (Lipinski definition) is 7. The molecule has 1 aromatic carbocycles. The summed E-state index contributed by atoms with van der Waals surface area (Å²) in [6.07, 6.45) is 3.05. The quantitative estimate of drug-likeness (QED) is 0.432. The maximum absolute atomic E-state index is 13.0. The number of anilines is 1. The highest BCUT2D eigenvalue weighted by molar-refractivity contribution is 7.89. The van der Waals surface area contributed by atoms with Crippen LogP contribution in [0.25, 0.3) is 11.0 Å². The van der Waals surface area contributed by atoms with Gasteiger partial charge in [0, 0.05) is 61.8 Å². The zero-order valence-electron chi connectivity index (χ0n) is 16.4. The van der Waals surface area contributed by atoms with Gasteiger partial charge in [0.05, 0.1) is 11.5 Å². The monoisotopic (exact) mass is 444 g/mol. The summed E-state index contributed by atoms with van der Waals surface area (Å²) in [6.45, 7) is 1.45. The fourth-order valence-electron chi connectivity index (χ4n) is 3.48. The van der Waals surface area contributed by atoms with Crippen LogP contribution in [-0.2, 0) is 14.8 Å². The third kappa shape index (κ3) is 4.40. The van der Waals surface area contributed by atoms with Crippen LogP contribution in [0.3, 0.4) is 0 Å². The number of H-pyrrole nitrogens is 1. The largest absolute Gasteiger partial charge is 0.345 e. The van der Waals surface area contributed by atoms with E-state index in [1.165, 1.54) is 34.8 Å². The molecule has 0 spiro atoms. The maximum atomic E-state index is 13.0. The number of hydrogen-bond donors (Lipinski definition) is 2. The molecule has 12 heteroatoms. The van der Waals surface area contributed by atoms with Crippen molar-refractivity contribution < 1.29 is 18.1 Å². The minimum atomic E-state index is -3.68. The van der Waals surface area contributed by atoms with Crippen LogP contribution >= 0.6 is 0 Å². The summed E-state index contributed by atoms with van der Waals surface area (Å²) in [4.78, 5) is 31.5. The smallest absolute Gasteiger partial charge is 0.269 e. The minimum Gasteiger partial charge on any atom is -0.345 e. The number of nitrogens with zero attached hydrogens (tertiary/aromatic N) is 4. The number of sulfonamides is 1. The van der Waals surface area contributed by atoms with Crippen molar-refractivity contribution in [1.82, 2.24) is 19.2 Å². The predicted molar refractivity (Wildman–Crippen MR) is 113 cm³/mol. The van der Waals surface area contributed by atoms with Gasteiger partial charge >= 0.3 is 0 Å². The Hall–Kier alpha value is -3.35. The number of carbonyl (C=O) groups excluding carboxylic acids is 1. The molecule has 0 aliphatic carbocycles. The van der Waals surface area contributed by atoms with Gasteiger partial charge in [-0.05, 0) is 24.3 Å². The molecule has 1 aliphatic heterocycles. The summed E-state index contributed by atoms with van der Waals surface area (Å²) in [7, 11) is -3.68. The Bertz CT molecular complexity index is 1220. The molecule has 1 saturated heterocycles. The van der Waals surface area contributed by atoms with E-state index in [0.29, 0.717) is 29.8 Å². The van der Waals surface area contributed by atoms with E-state index >= 15 is 0 Å². The lowest BCUT2D eigenvalue weighted by atomic mass is 10.3. The summed E-state index contributed by atoms with van der Waals surface area (Å²) in [5, 5.41) is 13.9. The van der Waals surface area contributed by atoms with Gasteiger partial charge in [0.25, 0.3) is 5.69 Å². The van der Waals surface area contributed by atoms with Crippen LogP contribution in [0.4, 0.5) is 11.4 Å². The second-order valence-corrected chi connectivity index (χ2v) is 8.99. The van der Waals surface area contributed by atoms with Gasteiger partial charge in [0.1, 0.15) is 10.5 Å². The molecule has 0 radical (unpaired) electrons. The van der Waals surface area contributed by atoms with E-state index in [-0.39, 0.29) is 36.1 Å². The lowest BCUT2D eigenvalue weighted by molar-refractivity contribution is -0.384. The van der Waals surface area contributed by atoms with Crippen LogP contribution in [0.5, 0.6) is 0 Å². The molecule has 3 heterocycles. The number of nitro groups is 1. The number of non-ortho nitro benzene ring substituents is 1. The number of pyridine rings is 1. The molecule has 162 valence electrons. The zero-order chi connectivity index (χ0) is 22.0. The Morgan fingerprint density at radius 1 is 1.16 bits per heavy atom. The Labute approximate surface area is 177 Å². The highest BCUT2D eigenvalue weighted by Gasteiger charge is 2.31. The number of nitro benzene ring substituents is 1. The minimum absolute atomic E-state index is 0.0543. The van der Waals surface area contributed by atoms with Gasteiger partial charge in [-0.1, -0.05) is 0 Å². The molecule has 31 heavy (non-hydrogen) atoms. The summed E-state index contributed by atoms with van der Waals surface area (Å²) < 4.78 is 27.5. The Kier molecular flexibility index (Phi) is 5.67. The first kappa shape index (κ1) is 20.9. The van der Waals surface area contributed by atoms with Gasteiger partial charge in [-0.3, -0.25) is 19.8 Å². The normalized spacial score (nSPS) is 15.7. The second kappa shape index (κ2) is 8.41. The zero-order valence-corrected chi connectivity index (χ0v) is 17.2. The molecular weight excluding hydrogens is 424 g/mol. The van der Waals surface area contributed by atoms with Crippen LogP contribution in [0.2, 0.25) is 0 Å². The molecule has 4 rings (SSSR count). The fraction of sp³-hybridized carbons (Fsp3) is 0.263. The average Bonchev–Trinajstić information content (AvgIpc) is 3.19. The molecule has 1 amide bonds. The maximum Gasteiger partial charge on any atom is 0.269 e. The standard InChI is InChI=1S/C19H20N6O5S/c26-18(22-14-3-5-15(6-4-14)25(27)28)13-23-8-10-24(11-9-23)31(29,30)17-12-21-19-16(17)2-1-7-20-19/h1-7,12H,8-11,13H2,(H,20,21)(H,22,26). The number of benzene rings is 1. The molecule has 11 nitrogen and oxygen atoms in total. The lowest BCUT2D eigenvalue weighted by Crippen LogP contribution is -2.50. The second-order valence-electron chi connectivity index (χ2n) is 7.08. The number of piperazine rings is 1. The Morgan fingerprint density at radius 3 is 2.55 bits per heavy atom. The Morgan fingerprint density at radius 2 is 1.87 bits per heavy atom. The van der Waals surface area contributed by atoms with Gasteiger partial charge in [-0.25, -0.2) is 13.4 Å². The number of nitrogens with one attached hydrogen (secondary N) is 2. The van der Waals surface area contributed by atoms with Crippen LogP contribution in [-0.4, -0.2) is 71.1 Å². The van der Waals surface area contributed by atoms with Crippen molar-refractivity contribution in [2.45, 2.75) is 4.90 Å². The predicted octanol–water partition coefficient (Wildman–Crippen LogP) is 1.42. The number of aromatic nitrogens is 2. The SMILES string of the molecule is O=C(CN1CCN(S(=O)(=O)c2c[nH]c3ncccc23)CC1)Nc1ccc([N+](=O)[O-])cc1. The Balaban J connectivity index is 1.34. The first-order valence-corrected chi connectivity index (χ1v) is 11.0. The van der Waals surface area contributed by atoms with Gasteiger partial charge in [-0.15, -0.1) is 0 Å². The van der Waals surface area contributed by atoms with Crippen molar-refractivity contribution in [3.8, 4) is 0 Å². The number of amides is 1. The van der Waals surface area contributed by atoms with E-state index in [0.717, 1.165) is 0 Å². The summed E-state index contributed by atoms with van der Waals surface area (Å²) in [6, 6.07) is 8.98. The van der Waals surface area contributed by atoms with E-state index in [1.54, 1.807) is 18.3 Å². The molecule has 1 fully saturated rings. The van der Waals surface area contributed by atoms with Gasteiger partial charge in [-0.2, -0.15) is 4.31 Å². The van der Waals surface area contributed by atoms with Crippen molar-refractivity contribution >= 4 is 38.3 Å². The van der Waals surface area contributed by atoms with Gasteiger partial charge < -0.3 is 10.3 Å². The van der Waals surface area contributed by atoms with Crippen molar-refractivity contribution in [3.63, 3.8) is 0 Å². The molecule has 0 unspecified atom stereocenters. The van der Waals surface area contributed by atoms with E-state index in [9.17, 15) is 23.3 Å². The van der Waals surface area contributed by atoms with E-state index in [2.05, 4.69) is 15.3 Å². The molecule has 1 aliphatic rings.